The highest BCUT2D eigenvalue weighted by molar-refractivity contribution is 9.10. The second-order valence-corrected chi connectivity index (χ2v) is 9.43. The summed E-state index contributed by atoms with van der Waals surface area (Å²) in [6, 6.07) is 27.5. The Morgan fingerprint density at radius 3 is 2.11 bits per heavy atom. The molecule has 0 aromatic heterocycles. The van der Waals surface area contributed by atoms with E-state index >= 15 is 0 Å². The normalized spacial score (nSPS) is 15.2. The van der Waals surface area contributed by atoms with E-state index in [9.17, 15) is 18.3 Å². The van der Waals surface area contributed by atoms with Crippen molar-refractivity contribution in [2.45, 2.75) is 31.3 Å². The van der Waals surface area contributed by atoms with E-state index in [1.807, 2.05) is 6.07 Å². The number of alkyl halides is 3. The Bertz CT molecular complexity index is 1110. The number of nitrogens with zero attached hydrogens (tertiary/aromatic N) is 1. The molecule has 1 aliphatic rings. The van der Waals surface area contributed by atoms with Gasteiger partial charge in [0.15, 0.2) is 0 Å². The average molecular weight is 565 g/mol. The molecule has 4 rings (SSSR count). The van der Waals surface area contributed by atoms with Gasteiger partial charge in [-0.3, -0.25) is 4.90 Å². The number of hydrogen-bond acceptors (Lipinski definition) is 4. The minimum Gasteiger partial charge on any atom is -0.475 e. The molecule has 1 aliphatic heterocycles. The first-order valence-corrected chi connectivity index (χ1v) is 12.2. The van der Waals surface area contributed by atoms with E-state index in [1.54, 1.807) is 0 Å². The first-order chi connectivity index (χ1) is 17.1. The molecule has 0 saturated heterocycles. The Balaban J connectivity index is 0.000000454. The fraction of sp³-hybridized carbons (Fsp3) is 0.296. The number of fused-ring (bicyclic) bond motifs is 1. The molecule has 2 unspecified atom stereocenters. The lowest BCUT2D eigenvalue weighted by molar-refractivity contribution is -0.192. The van der Waals surface area contributed by atoms with Gasteiger partial charge in [0.2, 0.25) is 0 Å². The smallest absolute Gasteiger partial charge is 0.475 e. The number of aliphatic hydroxyl groups is 1. The molecule has 3 N–H and O–H groups in total. The van der Waals surface area contributed by atoms with Crippen molar-refractivity contribution in [1.82, 2.24) is 10.2 Å². The molecule has 192 valence electrons. The van der Waals surface area contributed by atoms with E-state index in [0.29, 0.717) is 13.1 Å². The number of aliphatic carboxylic acids is 1. The summed E-state index contributed by atoms with van der Waals surface area (Å²) >= 11 is 3.51. The highest BCUT2D eigenvalue weighted by atomic mass is 79.9. The predicted molar refractivity (Wildman–Crippen MR) is 136 cm³/mol. The molecular formula is C27H28BrF3N2O3. The maximum atomic E-state index is 10.7. The lowest BCUT2D eigenvalue weighted by Crippen LogP contribution is -2.41. The number of benzene rings is 3. The molecule has 5 nitrogen and oxygen atoms in total. The SMILES string of the molecule is O=C(O)C(F)(F)F.OC(CNC(c1ccccc1)c1ccc(Br)cc1)CN1CCc2ccccc2C1. The minimum atomic E-state index is -5.08. The van der Waals surface area contributed by atoms with Crippen LogP contribution < -0.4 is 5.32 Å². The second kappa shape index (κ2) is 13.0. The molecule has 0 bridgehead atoms. The van der Waals surface area contributed by atoms with Gasteiger partial charge in [0, 0.05) is 30.7 Å². The molecule has 1 heterocycles. The number of carboxylic acids is 1. The van der Waals surface area contributed by atoms with Crippen molar-refractivity contribution in [3.8, 4) is 0 Å². The third-order valence-corrected chi connectivity index (χ3v) is 6.34. The number of nitrogens with one attached hydrogen (secondary N) is 1. The van der Waals surface area contributed by atoms with Crippen molar-refractivity contribution in [1.29, 1.82) is 0 Å². The van der Waals surface area contributed by atoms with Crippen molar-refractivity contribution in [3.05, 3.63) is 106 Å². The van der Waals surface area contributed by atoms with Crippen molar-refractivity contribution < 1.29 is 28.2 Å². The second-order valence-electron chi connectivity index (χ2n) is 8.51. The summed E-state index contributed by atoms with van der Waals surface area (Å²) in [7, 11) is 0. The molecule has 0 radical (unpaired) electrons. The number of carboxylic acid groups (broad SMARTS) is 1. The van der Waals surface area contributed by atoms with Gasteiger partial charge in [-0.1, -0.05) is 82.7 Å². The number of halogens is 4. The van der Waals surface area contributed by atoms with Crippen LogP contribution in [0, 0.1) is 0 Å². The van der Waals surface area contributed by atoms with E-state index in [0.717, 1.165) is 24.0 Å². The molecule has 0 spiro atoms. The van der Waals surface area contributed by atoms with E-state index < -0.39 is 18.2 Å². The largest absolute Gasteiger partial charge is 0.490 e. The third kappa shape index (κ3) is 8.44. The summed E-state index contributed by atoms with van der Waals surface area (Å²) in [5.74, 6) is -2.76. The Labute approximate surface area is 216 Å². The Morgan fingerprint density at radius 2 is 1.50 bits per heavy atom. The lowest BCUT2D eigenvalue weighted by Gasteiger charge is -2.31. The summed E-state index contributed by atoms with van der Waals surface area (Å²) in [6.07, 6.45) is -4.44. The maximum Gasteiger partial charge on any atom is 0.490 e. The zero-order valence-electron chi connectivity index (χ0n) is 19.5. The number of carbonyl (C=O) groups is 1. The lowest BCUT2D eigenvalue weighted by atomic mass is 9.98. The van der Waals surface area contributed by atoms with Crippen LogP contribution >= 0.6 is 15.9 Å². The molecule has 0 aliphatic carbocycles. The van der Waals surface area contributed by atoms with Crippen LogP contribution in [0.2, 0.25) is 0 Å². The molecule has 3 aromatic carbocycles. The fourth-order valence-electron chi connectivity index (χ4n) is 4.06. The summed E-state index contributed by atoms with van der Waals surface area (Å²) in [5.41, 5.74) is 5.22. The molecule has 9 heteroatoms. The zero-order valence-corrected chi connectivity index (χ0v) is 21.0. The van der Waals surface area contributed by atoms with Gasteiger partial charge in [-0.05, 0) is 40.8 Å². The van der Waals surface area contributed by atoms with Crippen LogP contribution in [0.5, 0.6) is 0 Å². The van der Waals surface area contributed by atoms with Crippen molar-refractivity contribution in [2.24, 2.45) is 0 Å². The number of hydrogen-bond donors (Lipinski definition) is 3. The van der Waals surface area contributed by atoms with Gasteiger partial charge in [0.05, 0.1) is 12.1 Å². The summed E-state index contributed by atoms with van der Waals surface area (Å²) in [6.45, 7) is 3.15. The monoisotopic (exact) mass is 564 g/mol. The average Bonchev–Trinajstić information content (AvgIpc) is 2.85. The Morgan fingerprint density at radius 1 is 0.944 bits per heavy atom. The first kappa shape index (κ1) is 27.9. The molecular weight excluding hydrogens is 537 g/mol. The van der Waals surface area contributed by atoms with Crippen LogP contribution in [0.25, 0.3) is 0 Å². The highest BCUT2D eigenvalue weighted by Gasteiger charge is 2.38. The molecule has 0 fully saturated rings. The summed E-state index contributed by atoms with van der Waals surface area (Å²) in [5, 5.41) is 21.4. The molecule has 36 heavy (non-hydrogen) atoms. The maximum absolute atomic E-state index is 10.7. The molecule has 3 aromatic rings. The van der Waals surface area contributed by atoms with E-state index in [-0.39, 0.29) is 6.04 Å². The van der Waals surface area contributed by atoms with Crippen LogP contribution in [-0.4, -0.2) is 53.0 Å². The van der Waals surface area contributed by atoms with Gasteiger partial charge in [-0.2, -0.15) is 13.2 Å². The summed E-state index contributed by atoms with van der Waals surface area (Å²) < 4.78 is 32.8. The predicted octanol–water partition coefficient (Wildman–Crippen LogP) is 5.18. The quantitative estimate of drug-likeness (QED) is 0.369. The van der Waals surface area contributed by atoms with Crippen molar-refractivity contribution in [3.63, 3.8) is 0 Å². The Hall–Kier alpha value is -2.72. The van der Waals surface area contributed by atoms with Crippen molar-refractivity contribution in [2.75, 3.05) is 19.6 Å². The van der Waals surface area contributed by atoms with Gasteiger partial charge in [-0.25, -0.2) is 4.79 Å². The standard InChI is InChI=1S/C25H27BrN2O.C2HF3O2/c26-23-12-10-21(11-13-23)25(20-7-2-1-3-8-20)27-16-24(29)18-28-15-14-19-6-4-5-9-22(19)17-28;3-2(4,5)1(6)7/h1-13,24-25,27,29H,14-18H2;(H,6,7). The first-order valence-electron chi connectivity index (χ1n) is 11.4. The molecule has 0 saturated carbocycles. The van der Waals surface area contributed by atoms with Crippen molar-refractivity contribution >= 4 is 21.9 Å². The fourth-order valence-corrected chi connectivity index (χ4v) is 4.32. The van der Waals surface area contributed by atoms with Crippen LogP contribution in [0.15, 0.2) is 83.3 Å². The number of β-amino-alcohol motifs (C(OH)–C–C–N with tert-alkyl or cyclic N) is 1. The third-order valence-electron chi connectivity index (χ3n) is 5.82. The topological polar surface area (TPSA) is 72.8 Å². The van der Waals surface area contributed by atoms with Gasteiger partial charge < -0.3 is 15.5 Å². The minimum absolute atomic E-state index is 0.0565. The highest BCUT2D eigenvalue weighted by Crippen LogP contribution is 2.24. The van der Waals surface area contributed by atoms with Crippen LogP contribution in [0.1, 0.15) is 28.3 Å². The number of aliphatic hydroxyl groups excluding tert-OH is 1. The van der Waals surface area contributed by atoms with Gasteiger partial charge >= 0.3 is 12.1 Å². The molecule has 2 atom stereocenters. The van der Waals surface area contributed by atoms with Gasteiger partial charge in [-0.15, -0.1) is 0 Å². The Kier molecular flexibility index (Phi) is 10.1. The zero-order chi connectivity index (χ0) is 26.1. The molecule has 0 amide bonds. The summed E-state index contributed by atoms with van der Waals surface area (Å²) in [4.78, 5) is 11.2. The van der Waals surface area contributed by atoms with Gasteiger partial charge in [0.25, 0.3) is 0 Å². The number of rotatable bonds is 7. The van der Waals surface area contributed by atoms with Crippen LogP contribution in [0.3, 0.4) is 0 Å². The van der Waals surface area contributed by atoms with Gasteiger partial charge in [0.1, 0.15) is 0 Å². The van der Waals surface area contributed by atoms with Crippen LogP contribution in [0.4, 0.5) is 13.2 Å². The van der Waals surface area contributed by atoms with E-state index in [2.05, 4.69) is 98.9 Å². The van der Waals surface area contributed by atoms with Crippen LogP contribution in [-0.2, 0) is 17.8 Å². The van der Waals surface area contributed by atoms with E-state index in [1.165, 1.54) is 22.3 Å². The van der Waals surface area contributed by atoms with E-state index in [4.69, 9.17) is 9.90 Å².